The number of hydrogen-bond donors (Lipinski definition) is 1. The van der Waals surface area contributed by atoms with Gasteiger partial charge in [0.25, 0.3) is 0 Å². The number of hydrogen-bond acceptors (Lipinski definition) is 1. The van der Waals surface area contributed by atoms with Gasteiger partial charge in [-0.1, -0.05) is 40.5 Å². The molecule has 0 aliphatic heterocycles. The molecule has 0 saturated carbocycles. The van der Waals surface area contributed by atoms with Crippen LogP contribution in [-0.2, 0) is 0 Å². The van der Waals surface area contributed by atoms with Gasteiger partial charge in [0.05, 0.1) is 6.04 Å². The Kier molecular flexibility index (Phi) is 5.80. The number of halogens is 3. The molecule has 0 saturated heterocycles. The largest absolute Gasteiger partial charge is 0.306 e. The molecule has 0 radical (unpaired) electrons. The summed E-state index contributed by atoms with van der Waals surface area (Å²) in [4.78, 5) is 0. The van der Waals surface area contributed by atoms with E-state index in [0.29, 0.717) is 5.02 Å². The molecular formula is C17H18BrClFN. The van der Waals surface area contributed by atoms with E-state index in [0.717, 1.165) is 34.1 Å². The topological polar surface area (TPSA) is 12.0 Å². The maximum absolute atomic E-state index is 13.7. The Bertz CT molecular complexity index is 579. The first-order valence-electron chi connectivity index (χ1n) is 6.97. The lowest BCUT2D eigenvalue weighted by molar-refractivity contribution is 0.583. The summed E-state index contributed by atoms with van der Waals surface area (Å²) in [6.45, 7) is 4.93. The zero-order chi connectivity index (χ0) is 15.4. The van der Waals surface area contributed by atoms with Gasteiger partial charge in [-0.05, 0) is 66.9 Å². The Morgan fingerprint density at radius 1 is 1.19 bits per heavy atom. The Morgan fingerprint density at radius 2 is 1.95 bits per heavy atom. The maximum atomic E-state index is 13.7. The van der Waals surface area contributed by atoms with Crippen LogP contribution < -0.4 is 5.32 Å². The van der Waals surface area contributed by atoms with Gasteiger partial charge < -0.3 is 5.32 Å². The van der Waals surface area contributed by atoms with Gasteiger partial charge in [0.2, 0.25) is 0 Å². The molecular weight excluding hydrogens is 353 g/mol. The Labute approximate surface area is 138 Å². The van der Waals surface area contributed by atoms with Crippen molar-refractivity contribution in [3.05, 3.63) is 68.4 Å². The third-order valence-corrected chi connectivity index (χ3v) is 4.26. The molecule has 0 fully saturated rings. The fraction of sp³-hybridized carbons (Fsp3) is 0.294. The van der Waals surface area contributed by atoms with Crippen molar-refractivity contribution < 1.29 is 4.39 Å². The lowest BCUT2D eigenvalue weighted by atomic mass is 9.94. The smallest absolute Gasteiger partial charge is 0.123 e. The molecule has 1 atom stereocenters. The van der Waals surface area contributed by atoms with Crippen LogP contribution in [0.3, 0.4) is 0 Å². The summed E-state index contributed by atoms with van der Waals surface area (Å²) in [5.74, 6) is -0.231. The van der Waals surface area contributed by atoms with E-state index in [1.165, 1.54) is 6.07 Å². The van der Waals surface area contributed by atoms with Crippen molar-refractivity contribution in [1.29, 1.82) is 0 Å². The number of aryl methyl sites for hydroxylation is 1. The molecule has 0 aliphatic rings. The summed E-state index contributed by atoms with van der Waals surface area (Å²) in [5, 5.41) is 4.14. The van der Waals surface area contributed by atoms with Gasteiger partial charge in [-0.25, -0.2) is 4.39 Å². The van der Waals surface area contributed by atoms with Gasteiger partial charge in [0, 0.05) is 9.50 Å². The average molecular weight is 371 g/mol. The van der Waals surface area contributed by atoms with Gasteiger partial charge in [0.1, 0.15) is 5.82 Å². The summed E-state index contributed by atoms with van der Waals surface area (Å²) in [6.07, 6.45) is 0.997. The second-order valence-electron chi connectivity index (χ2n) is 5.05. The fourth-order valence-corrected chi connectivity index (χ4v) is 2.94. The van der Waals surface area contributed by atoms with Crippen LogP contribution in [0.2, 0.25) is 5.02 Å². The van der Waals surface area contributed by atoms with Gasteiger partial charge >= 0.3 is 0 Å². The zero-order valence-corrected chi connectivity index (χ0v) is 14.4. The van der Waals surface area contributed by atoms with Crippen molar-refractivity contribution in [2.75, 3.05) is 6.54 Å². The lowest BCUT2D eigenvalue weighted by Gasteiger charge is -2.23. The van der Waals surface area contributed by atoms with Crippen molar-refractivity contribution >= 4 is 27.5 Å². The van der Waals surface area contributed by atoms with Gasteiger partial charge in [-0.3, -0.25) is 0 Å². The number of rotatable bonds is 5. The predicted octanol–water partition coefficient (Wildman–Crippen LogP) is 5.64. The molecule has 2 aromatic carbocycles. The molecule has 0 amide bonds. The molecule has 0 aromatic heterocycles. The Balaban J connectivity index is 2.52. The standard InChI is InChI=1S/C17H18BrClFN/c1-3-8-21-17(14-10-13(20)6-4-11(14)2)15-9-12(18)5-7-16(15)19/h4-7,9-10,17,21H,3,8H2,1-2H3. The van der Waals surface area contributed by atoms with E-state index in [2.05, 4.69) is 28.2 Å². The zero-order valence-electron chi connectivity index (χ0n) is 12.1. The van der Waals surface area contributed by atoms with E-state index in [1.807, 2.05) is 25.1 Å². The Hall–Kier alpha value is -0.900. The van der Waals surface area contributed by atoms with Crippen molar-refractivity contribution in [1.82, 2.24) is 5.32 Å². The molecule has 21 heavy (non-hydrogen) atoms. The average Bonchev–Trinajstić information content (AvgIpc) is 2.46. The molecule has 0 bridgehead atoms. The summed E-state index contributed by atoms with van der Waals surface area (Å²) in [6, 6.07) is 10.5. The SMILES string of the molecule is CCCNC(c1cc(F)ccc1C)c1cc(Br)ccc1Cl. The van der Waals surface area contributed by atoms with E-state index < -0.39 is 0 Å². The first-order chi connectivity index (χ1) is 10.0. The normalized spacial score (nSPS) is 12.4. The van der Waals surface area contributed by atoms with Crippen LogP contribution in [0.25, 0.3) is 0 Å². The van der Waals surface area contributed by atoms with Crippen molar-refractivity contribution in [2.24, 2.45) is 0 Å². The summed E-state index contributed by atoms with van der Waals surface area (Å²) >= 11 is 9.84. The highest BCUT2D eigenvalue weighted by atomic mass is 79.9. The highest BCUT2D eigenvalue weighted by Gasteiger charge is 2.19. The monoisotopic (exact) mass is 369 g/mol. The minimum absolute atomic E-state index is 0.120. The van der Waals surface area contributed by atoms with Gasteiger partial charge in [-0.15, -0.1) is 0 Å². The number of benzene rings is 2. The minimum atomic E-state index is -0.231. The first-order valence-corrected chi connectivity index (χ1v) is 8.14. The molecule has 0 aliphatic carbocycles. The maximum Gasteiger partial charge on any atom is 0.123 e. The molecule has 0 spiro atoms. The van der Waals surface area contributed by atoms with Crippen molar-refractivity contribution in [2.45, 2.75) is 26.3 Å². The molecule has 1 nitrogen and oxygen atoms in total. The molecule has 1 unspecified atom stereocenters. The van der Waals surface area contributed by atoms with Crippen LogP contribution in [-0.4, -0.2) is 6.54 Å². The first kappa shape index (κ1) is 16.5. The second-order valence-corrected chi connectivity index (χ2v) is 6.38. The molecule has 2 aromatic rings. The van der Waals surface area contributed by atoms with E-state index in [1.54, 1.807) is 12.1 Å². The van der Waals surface area contributed by atoms with Crippen LogP contribution in [0, 0.1) is 12.7 Å². The van der Waals surface area contributed by atoms with E-state index in [-0.39, 0.29) is 11.9 Å². The summed E-state index contributed by atoms with van der Waals surface area (Å²) < 4.78 is 14.6. The van der Waals surface area contributed by atoms with Gasteiger partial charge in [0.15, 0.2) is 0 Å². The van der Waals surface area contributed by atoms with Crippen LogP contribution in [0.15, 0.2) is 40.9 Å². The van der Waals surface area contributed by atoms with Crippen molar-refractivity contribution in [3.63, 3.8) is 0 Å². The fourth-order valence-electron chi connectivity index (χ4n) is 2.33. The second kappa shape index (κ2) is 7.39. The third kappa shape index (κ3) is 4.06. The summed E-state index contributed by atoms with van der Waals surface area (Å²) in [5.41, 5.74) is 2.91. The molecule has 1 N–H and O–H groups in total. The third-order valence-electron chi connectivity index (χ3n) is 3.42. The van der Waals surface area contributed by atoms with Crippen LogP contribution in [0.1, 0.15) is 36.1 Å². The quantitative estimate of drug-likeness (QED) is 0.718. The highest BCUT2D eigenvalue weighted by Crippen LogP contribution is 2.32. The molecule has 0 heterocycles. The molecule has 4 heteroatoms. The summed E-state index contributed by atoms with van der Waals surface area (Å²) in [7, 11) is 0. The van der Waals surface area contributed by atoms with E-state index in [4.69, 9.17) is 11.6 Å². The van der Waals surface area contributed by atoms with Crippen LogP contribution in [0.4, 0.5) is 4.39 Å². The minimum Gasteiger partial charge on any atom is -0.306 e. The molecule has 2 rings (SSSR count). The van der Waals surface area contributed by atoms with E-state index in [9.17, 15) is 4.39 Å². The Morgan fingerprint density at radius 3 is 2.67 bits per heavy atom. The van der Waals surface area contributed by atoms with Crippen molar-refractivity contribution in [3.8, 4) is 0 Å². The van der Waals surface area contributed by atoms with E-state index >= 15 is 0 Å². The van der Waals surface area contributed by atoms with Crippen LogP contribution in [0.5, 0.6) is 0 Å². The van der Waals surface area contributed by atoms with Crippen LogP contribution >= 0.6 is 27.5 Å². The lowest BCUT2D eigenvalue weighted by Crippen LogP contribution is -2.24. The highest BCUT2D eigenvalue weighted by molar-refractivity contribution is 9.10. The predicted molar refractivity (Wildman–Crippen MR) is 90.4 cm³/mol. The number of nitrogens with one attached hydrogen (secondary N) is 1. The van der Waals surface area contributed by atoms with Gasteiger partial charge in [-0.2, -0.15) is 0 Å². The molecule has 112 valence electrons.